The summed E-state index contributed by atoms with van der Waals surface area (Å²) in [5.41, 5.74) is 1.83. The summed E-state index contributed by atoms with van der Waals surface area (Å²) in [5.74, 6) is -0.851. The molecular formula is C33H43N3O6. The van der Waals surface area contributed by atoms with Crippen molar-refractivity contribution in [3.8, 4) is 0 Å². The molecule has 2 atom stereocenters. The molecule has 9 heteroatoms. The number of amides is 2. The van der Waals surface area contributed by atoms with Crippen molar-refractivity contribution in [1.29, 1.82) is 0 Å². The lowest BCUT2D eigenvalue weighted by Crippen LogP contribution is -2.44. The van der Waals surface area contributed by atoms with Crippen molar-refractivity contribution in [3.05, 3.63) is 71.8 Å². The van der Waals surface area contributed by atoms with Crippen LogP contribution in [0.2, 0.25) is 0 Å². The van der Waals surface area contributed by atoms with Crippen LogP contribution in [-0.4, -0.2) is 83.3 Å². The van der Waals surface area contributed by atoms with Gasteiger partial charge in [0.1, 0.15) is 25.3 Å². The molecule has 0 aliphatic carbocycles. The molecule has 0 saturated carbocycles. The molecule has 0 bridgehead atoms. The van der Waals surface area contributed by atoms with Crippen LogP contribution < -0.4 is 0 Å². The maximum Gasteiger partial charge on any atom is 0.329 e. The van der Waals surface area contributed by atoms with E-state index in [9.17, 15) is 19.2 Å². The first-order valence-electron chi connectivity index (χ1n) is 15.2. The Labute approximate surface area is 248 Å². The van der Waals surface area contributed by atoms with E-state index in [2.05, 4.69) is 11.8 Å². The minimum Gasteiger partial charge on any atom is -0.459 e. The second kappa shape index (κ2) is 16.1. The predicted molar refractivity (Wildman–Crippen MR) is 158 cm³/mol. The molecule has 0 aromatic heterocycles. The molecule has 2 aromatic rings. The number of ether oxygens (including phenoxy) is 2. The Morgan fingerprint density at radius 2 is 1.12 bits per heavy atom. The van der Waals surface area contributed by atoms with E-state index in [-0.39, 0.29) is 49.8 Å². The number of benzene rings is 2. The average Bonchev–Trinajstić information content (AvgIpc) is 3.72. The van der Waals surface area contributed by atoms with E-state index in [0.717, 1.165) is 36.9 Å². The number of hydrogen-bond acceptors (Lipinski definition) is 7. The summed E-state index contributed by atoms with van der Waals surface area (Å²) in [5, 5.41) is 0. The summed E-state index contributed by atoms with van der Waals surface area (Å²) in [6.07, 6.45) is 4.19. The van der Waals surface area contributed by atoms with Gasteiger partial charge in [-0.15, -0.1) is 0 Å². The van der Waals surface area contributed by atoms with E-state index in [0.29, 0.717) is 39.0 Å². The lowest BCUT2D eigenvalue weighted by Gasteiger charge is -2.27. The smallest absolute Gasteiger partial charge is 0.329 e. The van der Waals surface area contributed by atoms with E-state index in [4.69, 9.17) is 9.47 Å². The molecule has 2 fully saturated rings. The van der Waals surface area contributed by atoms with Crippen molar-refractivity contribution < 1.29 is 28.7 Å². The number of likely N-dealkylation sites (tertiary alicyclic amines) is 2. The molecule has 4 rings (SSSR count). The normalized spacial score (nSPS) is 18.3. The van der Waals surface area contributed by atoms with Crippen LogP contribution in [0.25, 0.3) is 0 Å². The highest BCUT2D eigenvalue weighted by atomic mass is 16.5. The molecule has 2 saturated heterocycles. The Balaban J connectivity index is 1.22. The first-order valence-corrected chi connectivity index (χ1v) is 15.2. The molecule has 2 aromatic carbocycles. The highest BCUT2D eigenvalue weighted by molar-refractivity contribution is 5.86. The maximum absolute atomic E-state index is 13.1. The Kier molecular flexibility index (Phi) is 11.9. The Bertz CT molecular complexity index is 1090. The summed E-state index contributed by atoms with van der Waals surface area (Å²) >= 11 is 0. The number of carbonyl (C=O) groups excluding carboxylic acids is 4. The van der Waals surface area contributed by atoms with Gasteiger partial charge in [-0.25, -0.2) is 9.59 Å². The van der Waals surface area contributed by atoms with E-state index in [1.165, 1.54) is 0 Å². The first-order chi connectivity index (χ1) is 20.5. The van der Waals surface area contributed by atoms with Crippen LogP contribution in [0, 0.1) is 0 Å². The van der Waals surface area contributed by atoms with Gasteiger partial charge in [0.2, 0.25) is 11.8 Å². The molecule has 42 heavy (non-hydrogen) atoms. The summed E-state index contributed by atoms with van der Waals surface area (Å²) in [7, 11) is 0. The Morgan fingerprint density at radius 1 is 0.690 bits per heavy atom. The van der Waals surface area contributed by atoms with Crippen LogP contribution in [0.5, 0.6) is 0 Å². The minimum atomic E-state index is -0.545. The van der Waals surface area contributed by atoms with Crippen LogP contribution in [0.15, 0.2) is 60.7 Å². The zero-order chi connectivity index (χ0) is 29.7. The number of hydrogen-bond donors (Lipinski definition) is 0. The SMILES string of the molecule is CCCN(CCC(=O)N1CCC[C@@H]1C(=O)OCc1ccccc1)CCC(=O)N1CCC[C@@H]1C(=O)OCc1ccccc1. The molecule has 2 aliphatic heterocycles. The fraction of sp³-hybridized carbons (Fsp3) is 0.515. The fourth-order valence-corrected chi connectivity index (χ4v) is 5.72. The first kappa shape index (κ1) is 31.2. The lowest BCUT2D eigenvalue weighted by atomic mass is 10.2. The van der Waals surface area contributed by atoms with Gasteiger partial charge in [0, 0.05) is 39.0 Å². The van der Waals surface area contributed by atoms with Gasteiger partial charge in [0.25, 0.3) is 0 Å². The molecule has 226 valence electrons. The van der Waals surface area contributed by atoms with Crippen molar-refractivity contribution in [2.24, 2.45) is 0 Å². The second-order valence-electron chi connectivity index (χ2n) is 11.0. The van der Waals surface area contributed by atoms with Gasteiger partial charge in [-0.3, -0.25) is 9.59 Å². The van der Waals surface area contributed by atoms with Crippen LogP contribution in [0.3, 0.4) is 0 Å². The molecule has 9 nitrogen and oxygen atoms in total. The Hall–Kier alpha value is -3.72. The van der Waals surface area contributed by atoms with Crippen molar-refractivity contribution in [1.82, 2.24) is 14.7 Å². The fourth-order valence-electron chi connectivity index (χ4n) is 5.72. The molecule has 0 unspecified atom stereocenters. The highest BCUT2D eigenvalue weighted by Gasteiger charge is 2.36. The molecule has 2 aliphatic rings. The molecule has 0 N–H and O–H groups in total. The van der Waals surface area contributed by atoms with E-state index >= 15 is 0 Å². The van der Waals surface area contributed by atoms with E-state index < -0.39 is 12.1 Å². The van der Waals surface area contributed by atoms with Gasteiger partial charge in [-0.1, -0.05) is 67.6 Å². The van der Waals surface area contributed by atoms with Crippen LogP contribution in [0.4, 0.5) is 0 Å². The second-order valence-corrected chi connectivity index (χ2v) is 11.0. The van der Waals surface area contributed by atoms with Gasteiger partial charge in [-0.05, 0) is 49.8 Å². The maximum atomic E-state index is 13.1. The van der Waals surface area contributed by atoms with Crippen LogP contribution in [0.1, 0.15) is 63.0 Å². The third-order valence-corrected chi connectivity index (χ3v) is 7.96. The summed E-state index contributed by atoms with van der Waals surface area (Å²) < 4.78 is 11.0. The predicted octanol–water partition coefficient (Wildman–Crippen LogP) is 3.95. The molecule has 0 radical (unpaired) electrons. The van der Waals surface area contributed by atoms with Crippen molar-refractivity contribution in [2.45, 2.75) is 77.2 Å². The van der Waals surface area contributed by atoms with Crippen molar-refractivity contribution in [3.63, 3.8) is 0 Å². The van der Waals surface area contributed by atoms with Crippen LogP contribution in [-0.2, 0) is 41.9 Å². The van der Waals surface area contributed by atoms with Crippen molar-refractivity contribution in [2.75, 3.05) is 32.7 Å². The average molecular weight is 578 g/mol. The van der Waals surface area contributed by atoms with Gasteiger partial charge < -0.3 is 24.2 Å². The topological polar surface area (TPSA) is 96.5 Å². The van der Waals surface area contributed by atoms with Gasteiger partial charge in [-0.2, -0.15) is 0 Å². The van der Waals surface area contributed by atoms with E-state index in [1.54, 1.807) is 9.80 Å². The standard InChI is InChI=1S/C33H43N3O6/c1-2-19-34(22-17-30(37)35-20-9-15-28(35)32(39)41-24-26-11-5-3-6-12-26)23-18-31(38)36-21-10-16-29(36)33(40)42-25-27-13-7-4-8-14-27/h3-8,11-14,28-29H,2,9-10,15-25H2,1H3/t28-,29-/m1/s1. The summed E-state index contributed by atoms with van der Waals surface area (Å²) in [6.45, 7) is 5.31. The number of nitrogens with zero attached hydrogens (tertiary/aromatic N) is 3. The van der Waals surface area contributed by atoms with Gasteiger partial charge >= 0.3 is 11.9 Å². The Morgan fingerprint density at radius 3 is 1.52 bits per heavy atom. The zero-order valence-electron chi connectivity index (χ0n) is 24.6. The summed E-state index contributed by atoms with van der Waals surface area (Å²) in [6, 6.07) is 17.9. The number of rotatable bonds is 14. The quantitative estimate of drug-likeness (QED) is 0.314. The third kappa shape index (κ3) is 8.89. The van der Waals surface area contributed by atoms with Gasteiger partial charge in [0.05, 0.1) is 0 Å². The largest absolute Gasteiger partial charge is 0.459 e. The monoisotopic (exact) mass is 577 g/mol. The number of carbonyl (C=O) groups is 4. The molecule has 2 heterocycles. The van der Waals surface area contributed by atoms with Crippen molar-refractivity contribution >= 4 is 23.8 Å². The third-order valence-electron chi connectivity index (χ3n) is 7.96. The van der Waals surface area contributed by atoms with Gasteiger partial charge in [0.15, 0.2) is 0 Å². The lowest BCUT2D eigenvalue weighted by molar-refractivity contribution is -0.154. The highest BCUT2D eigenvalue weighted by Crippen LogP contribution is 2.22. The molecular weight excluding hydrogens is 534 g/mol. The molecule has 0 spiro atoms. The number of esters is 2. The molecule has 2 amide bonds. The van der Waals surface area contributed by atoms with E-state index in [1.807, 2.05) is 60.7 Å². The minimum absolute atomic E-state index is 0.0673. The zero-order valence-corrected chi connectivity index (χ0v) is 24.6. The van der Waals surface area contributed by atoms with Crippen LogP contribution >= 0.6 is 0 Å². The summed E-state index contributed by atoms with van der Waals surface area (Å²) in [4.78, 5) is 57.2.